The van der Waals surface area contributed by atoms with Gasteiger partial charge in [0.05, 0.1) is 10.0 Å². The van der Waals surface area contributed by atoms with E-state index in [1.165, 1.54) is 19.1 Å². The number of benzene rings is 1. The van der Waals surface area contributed by atoms with E-state index in [1.54, 1.807) is 0 Å². The normalized spacial score (nSPS) is 13.8. The third-order valence-corrected chi connectivity index (χ3v) is 3.34. The molecule has 1 aromatic rings. The predicted molar refractivity (Wildman–Crippen MR) is 63.5 cm³/mol. The van der Waals surface area contributed by atoms with Crippen molar-refractivity contribution in [1.82, 2.24) is 0 Å². The van der Waals surface area contributed by atoms with E-state index >= 15 is 0 Å². The molecular weight excluding hydrogens is 297 g/mol. The highest BCUT2D eigenvalue weighted by atomic mass is 79.9. The van der Waals surface area contributed by atoms with E-state index in [-0.39, 0.29) is 23.9 Å². The van der Waals surface area contributed by atoms with E-state index in [4.69, 9.17) is 5.11 Å². The van der Waals surface area contributed by atoms with E-state index in [0.717, 1.165) is 6.07 Å². The van der Waals surface area contributed by atoms with Gasteiger partial charge in [0.15, 0.2) is 0 Å². The first kappa shape index (κ1) is 14.5. The van der Waals surface area contributed by atoms with Crippen molar-refractivity contribution < 1.29 is 18.3 Å². The summed E-state index contributed by atoms with van der Waals surface area (Å²) in [5.41, 5.74) is -0.600. The highest BCUT2D eigenvalue weighted by Crippen LogP contribution is 2.40. The quantitative estimate of drug-likeness (QED) is 0.868. The standard InChI is InChI=1S/C12H14BrF3O/c1-8(4-3-7-17)12(15,16)9-5-2-6-10(13)11(9)14/h2,5-6,8,17H,3-4,7H2,1H3. The lowest BCUT2D eigenvalue weighted by molar-refractivity contribution is -0.0655. The van der Waals surface area contributed by atoms with Crippen molar-refractivity contribution in [2.75, 3.05) is 6.61 Å². The summed E-state index contributed by atoms with van der Waals surface area (Å²) in [4.78, 5) is 0. The molecule has 0 aliphatic carbocycles. The van der Waals surface area contributed by atoms with E-state index in [0.29, 0.717) is 0 Å². The van der Waals surface area contributed by atoms with Gasteiger partial charge in [-0.25, -0.2) is 13.2 Å². The van der Waals surface area contributed by atoms with Crippen LogP contribution >= 0.6 is 15.9 Å². The molecule has 0 amide bonds. The average molecular weight is 311 g/mol. The molecule has 0 aromatic heterocycles. The fraction of sp³-hybridized carbons (Fsp3) is 0.500. The van der Waals surface area contributed by atoms with Crippen LogP contribution in [0.1, 0.15) is 25.3 Å². The Kier molecular flexibility index (Phi) is 5.01. The molecule has 96 valence electrons. The number of hydrogen-bond donors (Lipinski definition) is 1. The Labute approximate surface area is 107 Å². The van der Waals surface area contributed by atoms with Crippen LogP contribution in [0.3, 0.4) is 0 Å². The Morgan fingerprint density at radius 1 is 1.41 bits per heavy atom. The minimum absolute atomic E-state index is 0.0315. The molecule has 17 heavy (non-hydrogen) atoms. The summed E-state index contributed by atoms with van der Waals surface area (Å²) in [6.07, 6.45) is 0.432. The Hall–Kier alpha value is -0.550. The Morgan fingerprint density at radius 2 is 2.06 bits per heavy atom. The first-order valence-corrected chi connectivity index (χ1v) is 6.13. The van der Waals surface area contributed by atoms with Gasteiger partial charge in [-0.2, -0.15) is 0 Å². The summed E-state index contributed by atoms with van der Waals surface area (Å²) in [6.45, 7) is 1.22. The number of rotatable bonds is 5. The van der Waals surface area contributed by atoms with Crippen LogP contribution in [0.4, 0.5) is 13.2 Å². The van der Waals surface area contributed by atoms with Crippen molar-refractivity contribution in [3.05, 3.63) is 34.1 Å². The summed E-state index contributed by atoms with van der Waals surface area (Å²) in [5, 5.41) is 8.62. The zero-order valence-corrected chi connectivity index (χ0v) is 11.0. The van der Waals surface area contributed by atoms with Crippen molar-refractivity contribution >= 4 is 15.9 Å². The summed E-state index contributed by atoms with van der Waals surface area (Å²) in [6, 6.07) is 3.86. The smallest absolute Gasteiger partial charge is 0.278 e. The molecular formula is C12H14BrF3O. The minimum Gasteiger partial charge on any atom is -0.396 e. The van der Waals surface area contributed by atoms with Crippen LogP contribution in [0.25, 0.3) is 0 Å². The molecule has 0 aliphatic rings. The lowest BCUT2D eigenvalue weighted by atomic mass is 9.92. The second-order valence-electron chi connectivity index (χ2n) is 3.99. The van der Waals surface area contributed by atoms with Crippen molar-refractivity contribution in [3.8, 4) is 0 Å². The molecule has 1 nitrogen and oxygen atoms in total. The molecule has 0 aliphatic heterocycles. The van der Waals surface area contributed by atoms with E-state index < -0.39 is 23.2 Å². The van der Waals surface area contributed by atoms with E-state index in [2.05, 4.69) is 15.9 Å². The SMILES string of the molecule is CC(CCCO)C(F)(F)c1cccc(Br)c1F. The van der Waals surface area contributed by atoms with Gasteiger partial charge in [-0.15, -0.1) is 0 Å². The second-order valence-corrected chi connectivity index (χ2v) is 4.85. The maximum atomic E-state index is 14.0. The molecule has 0 heterocycles. The number of aliphatic hydroxyl groups excluding tert-OH is 1. The molecule has 0 saturated carbocycles. The van der Waals surface area contributed by atoms with Crippen LogP contribution in [0.5, 0.6) is 0 Å². The third-order valence-electron chi connectivity index (χ3n) is 2.72. The molecule has 1 N–H and O–H groups in total. The van der Waals surface area contributed by atoms with Gasteiger partial charge in [-0.1, -0.05) is 13.0 Å². The van der Waals surface area contributed by atoms with Crippen LogP contribution in [0.2, 0.25) is 0 Å². The van der Waals surface area contributed by atoms with E-state index in [1.807, 2.05) is 0 Å². The summed E-state index contributed by atoms with van der Waals surface area (Å²) in [5.74, 6) is -5.17. The van der Waals surface area contributed by atoms with Gasteiger partial charge in [0, 0.05) is 12.5 Å². The van der Waals surface area contributed by atoms with E-state index in [9.17, 15) is 13.2 Å². The summed E-state index contributed by atoms with van der Waals surface area (Å²) < 4.78 is 41.6. The number of hydrogen-bond acceptors (Lipinski definition) is 1. The lowest BCUT2D eigenvalue weighted by Crippen LogP contribution is -2.25. The molecule has 1 rings (SSSR count). The Bertz CT molecular complexity index is 382. The molecule has 1 unspecified atom stereocenters. The highest BCUT2D eigenvalue weighted by Gasteiger charge is 2.40. The van der Waals surface area contributed by atoms with Gasteiger partial charge in [0.2, 0.25) is 0 Å². The van der Waals surface area contributed by atoms with Gasteiger partial charge in [0.25, 0.3) is 5.92 Å². The van der Waals surface area contributed by atoms with Crippen LogP contribution in [-0.2, 0) is 5.92 Å². The highest BCUT2D eigenvalue weighted by molar-refractivity contribution is 9.10. The number of halogens is 4. The maximum Gasteiger partial charge on any atom is 0.278 e. The molecule has 0 fully saturated rings. The summed E-state index contributed by atoms with van der Waals surface area (Å²) in [7, 11) is 0. The third kappa shape index (κ3) is 3.22. The Morgan fingerprint density at radius 3 is 2.65 bits per heavy atom. The fourth-order valence-electron chi connectivity index (χ4n) is 1.61. The lowest BCUT2D eigenvalue weighted by Gasteiger charge is -2.24. The van der Waals surface area contributed by atoms with Crippen LogP contribution in [0, 0.1) is 11.7 Å². The predicted octanol–water partition coefficient (Wildman–Crippen LogP) is 4.09. The van der Waals surface area contributed by atoms with Crippen LogP contribution < -0.4 is 0 Å². The van der Waals surface area contributed by atoms with Crippen LogP contribution in [0.15, 0.2) is 22.7 Å². The molecule has 0 bridgehead atoms. The first-order valence-electron chi connectivity index (χ1n) is 5.34. The fourth-order valence-corrected chi connectivity index (χ4v) is 1.97. The molecule has 1 aromatic carbocycles. The molecule has 5 heteroatoms. The second kappa shape index (κ2) is 5.87. The number of aliphatic hydroxyl groups is 1. The van der Waals surface area contributed by atoms with Crippen molar-refractivity contribution in [2.24, 2.45) is 5.92 Å². The topological polar surface area (TPSA) is 20.2 Å². The maximum absolute atomic E-state index is 14.0. The zero-order valence-electron chi connectivity index (χ0n) is 9.39. The minimum atomic E-state index is -3.23. The van der Waals surface area contributed by atoms with Crippen molar-refractivity contribution in [1.29, 1.82) is 0 Å². The molecule has 0 saturated heterocycles. The number of alkyl halides is 2. The van der Waals surface area contributed by atoms with Crippen molar-refractivity contribution in [2.45, 2.75) is 25.7 Å². The Balaban J connectivity index is 2.99. The van der Waals surface area contributed by atoms with Gasteiger partial charge >= 0.3 is 0 Å². The molecule has 0 radical (unpaired) electrons. The largest absolute Gasteiger partial charge is 0.396 e. The zero-order chi connectivity index (χ0) is 13.1. The van der Waals surface area contributed by atoms with Gasteiger partial charge < -0.3 is 5.11 Å². The molecule has 0 spiro atoms. The first-order chi connectivity index (χ1) is 7.91. The monoisotopic (exact) mass is 310 g/mol. The summed E-state index contributed by atoms with van der Waals surface area (Å²) >= 11 is 2.89. The molecule has 1 atom stereocenters. The van der Waals surface area contributed by atoms with Crippen LogP contribution in [-0.4, -0.2) is 11.7 Å². The average Bonchev–Trinajstić information content (AvgIpc) is 2.29. The van der Waals surface area contributed by atoms with Gasteiger partial charge in [-0.3, -0.25) is 0 Å². The van der Waals surface area contributed by atoms with Gasteiger partial charge in [0.1, 0.15) is 5.82 Å². The van der Waals surface area contributed by atoms with Gasteiger partial charge in [-0.05, 0) is 40.9 Å². The van der Waals surface area contributed by atoms with Crippen molar-refractivity contribution in [3.63, 3.8) is 0 Å².